The number of aromatic nitrogens is 4. The Morgan fingerprint density at radius 1 is 1.31 bits per heavy atom. The first-order valence-corrected chi connectivity index (χ1v) is 13.8. The van der Waals surface area contributed by atoms with E-state index < -0.39 is 19.8 Å². The van der Waals surface area contributed by atoms with Gasteiger partial charge in [0.25, 0.3) is 0 Å². The lowest BCUT2D eigenvalue weighted by atomic mass is 10.1. The van der Waals surface area contributed by atoms with Gasteiger partial charge in [-0.3, -0.25) is 18.6 Å². The predicted molar refractivity (Wildman–Crippen MR) is 135 cm³/mol. The second kappa shape index (κ2) is 12.2. The molecule has 13 nitrogen and oxygen atoms in total. The number of thioether (sulfide) groups is 1. The summed E-state index contributed by atoms with van der Waals surface area (Å²) in [5.74, 6) is -0.861. The number of nitrogens with two attached hydrogens (primary N) is 1. The Morgan fingerprint density at radius 2 is 2.06 bits per heavy atom. The second-order valence-corrected chi connectivity index (χ2v) is 11.4. The minimum Gasteiger partial charge on any atom is -0.480 e. The normalized spacial score (nSPS) is 20.0. The van der Waals surface area contributed by atoms with E-state index in [2.05, 4.69) is 20.0 Å². The van der Waals surface area contributed by atoms with Crippen LogP contribution in [0.15, 0.2) is 18.5 Å². The van der Waals surface area contributed by atoms with Crippen molar-refractivity contribution >= 4 is 47.7 Å². The maximum Gasteiger partial charge on any atom is 0.406 e. The van der Waals surface area contributed by atoms with Gasteiger partial charge in [0.05, 0.1) is 32.7 Å². The van der Waals surface area contributed by atoms with E-state index in [0.717, 1.165) is 11.8 Å². The number of methoxy groups -OCH3 is 1. The molecule has 0 saturated carbocycles. The number of carboxylic acids is 1. The Bertz CT molecular complexity index is 1170. The third-order valence-corrected chi connectivity index (χ3v) is 8.19. The van der Waals surface area contributed by atoms with Gasteiger partial charge in [-0.05, 0) is 13.3 Å². The van der Waals surface area contributed by atoms with Crippen LogP contribution in [0, 0.1) is 11.8 Å². The van der Waals surface area contributed by atoms with Gasteiger partial charge in [-0.1, -0.05) is 37.8 Å². The van der Waals surface area contributed by atoms with Crippen molar-refractivity contribution in [2.24, 2.45) is 11.8 Å². The Balaban J connectivity index is 1.62. The number of hydrogen-bond donors (Lipinski definition) is 3. The van der Waals surface area contributed by atoms with Crippen LogP contribution >= 0.6 is 19.5 Å². The monoisotopic (exact) mass is 542 g/mol. The number of ether oxygens (including phenoxy) is 1. The average molecular weight is 543 g/mol. The number of hydrogen-bond acceptors (Lipinski definition) is 11. The van der Waals surface area contributed by atoms with Crippen molar-refractivity contribution in [2.45, 2.75) is 39.3 Å². The fourth-order valence-electron chi connectivity index (χ4n) is 3.44. The molecule has 4 N–H and O–H groups in total. The number of imidazole rings is 1. The SMILES string of the molecule is COc1nc(N)nc2c1ncn2[C@H]1C=C[C@@H](COP(=O)(NC(C)C(=O)O)OCCSC(=O)C(C)C)C1. The molecule has 0 bridgehead atoms. The molecule has 36 heavy (non-hydrogen) atoms. The molecule has 0 saturated heterocycles. The molecule has 0 aromatic carbocycles. The number of nitrogens with one attached hydrogen (secondary N) is 1. The summed E-state index contributed by atoms with van der Waals surface area (Å²) in [5.41, 5.74) is 6.80. The zero-order valence-corrected chi connectivity index (χ0v) is 22.2. The fourth-order valence-corrected chi connectivity index (χ4v) is 5.79. The first kappa shape index (κ1) is 28.1. The van der Waals surface area contributed by atoms with Gasteiger partial charge in [0.2, 0.25) is 11.8 Å². The van der Waals surface area contributed by atoms with Crippen molar-refractivity contribution in [3.63, 3.8) is 0 Å². The molecule has 2 aromatic rings. The number of carbonyl (C=O) groups excluding carboxylic acids is 1. The molecule has 2 aromatic heterocycles. The quantitative estimate of drug-likeness (QED) is 0.191. The number of nitrogen functional groups attached to an aromatic ring is 1. The van der Waals surface area contributed by atoms with E-state index in [1.807, 2.05) is 16.7 Å². The van der Waals surface area contributed by atoms with Crippen molar-refractivity contribution in [1.29, 1.82) is 0 Å². The van der Waals surface area contributed by atoms with Gasteiger partial charge in [0, 0.05) is 17.6 Å². The second-order valence-electron chi connectivity index (χ2n) is 8.50. The van der Waals surface area contributed by atoms with Crippen molar-refractivity contribution in [3.8, 4) is 5.88 Å². The van der Waals surface area contributed by atoms with Gasteiger partial charge >= 0.3 is 13.7 Å². The van der Waals surface area contributed by atoms with Crippen LogP contribution in [0.2, 0.25) is 0 Å². The highest BCUT2D eigenvalue weighted by Gasteiger charge is 2.32. The van der Waals surface area contributed by atoms with Gasteiger partial charge in [-0.25, -0.2) is 14.6 Å². The lowest BCUT2D eigenvalue weighted by molar-refractivity contribution is -0.138. The standard InChI is InChI=1S/C21H31N6O7PS/c1-12(2)20(30)36-8-7-33-35(31,26-13(3)19(28)29)34-10-14-5-6-15(9-14)27-11-23-16-17(27)24-21(22)25-18(16)32-4/h5-6,11-15H,7-10H2,1-4H3,(H,26,31)(H,28,29)(H2,22,24,25)/t13?,14-,15+,35?/m1/s1. The van der Waals surface area contributed by atoms with E-state index in [0.29, 0.717) is 17.6 Å². The van der Waals surface area contributed by atoms with Gasteiger partial charge in [-0.2, -0.15) is 9.97 Å². The summed E-state index contributed by atoms with van der Waals surface area (Å²) in [5, 5.41) is 11.7. The van der Waals surface area contributed by atoms with Crippen molar-refractivity contribution in [3.05, 3.63) is 18.5 Å². The maximum atomic E-state index is 13.3. The highest BCUT2D eigenvalue weighted by Crippen LogP contribution is 2.46. The predicted octanol–water partition coefficient (Wildman–Crippen LogP) is 2.65. The number of allylic oxidation sites excluding steroid dienone is 1. The molecule has 15 heteroatoms. The summed E-state index contributed by atoms with van der Waals surface area (Å²) in [4.78, 5) is 35.7. The summed E-state index contributed by atoms with van der Waals surface area (Å²) >= 11 is 1.06. The smallest absolute Gasteiger partial charge is 0.406 e. The van der Waals surface area contributed by atoms with E-state index in [9.17, 15) is 19.3 Å². The largest absolute Gasteiger partial charge is 0.480 e. The Labute approximate surface area is 212 Å². The number of nitrogens with zero attached hydrogens (tertiary/aromatic N) is 4. The average Bonchev–Trinajstić information content (AvgIpc) is 3.46. The molecule has 0 fully saturated rings. The van der Waals surface area contributed by atoms with Crippen LogP contribution in [0.25, 0.3) is 11.2 Å². The molecule has 4 atom stereocenters. The highest BCUT2D eigenvalue weighted by atomic mass is 32.2. The Kier molecular flexibility index (Phi) is 9.47. The third-order valence-electron chi connectivity index (χ3n) is 5.35. The Hall–Kier alpha value is -2.51. The lowest BCUT2D eigenvalue weighted by Gasteiger charge is -2.23. The van der Waals surface area contributed by atoms with E-state index in [1.165, 1.54) is 14.0 Å². The molecule has 198 valence electrons. The molecular formula is C21H31N6O7PS. The van der Waals surface area contributed by atoms with Gasteiger partial charge in [0.1, 0.15) is 6.04 Å². The first-order valence-electron chi connectivity index (χ1n) is 11.3. The van der Waals surface area contributed by atoms with Crippen LogP contribution in [0.3, 0.4) is 0 Å². The molecular weight excluding hydrogens is 511 g/mol. The van der Waals surface area contributed by atoms with E-state index in [-0.39, 0.29) is 53.8 Å². The lowest BCUT2D eigenvalue weighted by Crippen LogP contribution is -2.33. The topological polar surface area (TPSA) is 181 Å². The molecule has 0 spiro atoms. The van der Waals surface area contributed by atoms with Crippen LogP contribution in [0.4, 0.5) is 5.95 Å². The minimum absolute atomic E-state index is 0.0139. The molecule has 0 radical (unpaired) electrons. The minimum atomic E-state index is -3.96. The molecule has 0 aliphatic heterocycles. The molecule has 1 aliphatic carbocycles. The molecule has 0 amide bonds. The zero-order chi connectivity index (χ0) is 26.5. The zero-order valence-electron chi connectivity index (χ0n) is 20.5. The van der Waals surface area contributed by atoms with Gasteiger partial charge in [-0.15, -0.1) is 0 Å². The molecule has 2 heterocycles. The molecule has 2 unspecified atom stereocenters. The van der Waals surface area contributed by atoms with E-state index >= 15 is 0 Å². The number of aliphatic carboxylic acids is 1. The first-order chi connectivity index (χ1) is 17.0. The van der Waals surface area contributed by atoms with Crippen molar-refractivity contribution in [1.82, 2.24) is 24.6 Å². The molecule has 1 aliphatic rings. The van der Waals surface area contributed by atoms with Crippen LogP contribution in [0.1, 0.15) is 33.2 Å². The number of fused-ring (bicyclic) bond motifs is 1. The van der Waals surface area contributed by atoms with Crippen LogP contribution in [0.5, 0.6) is 5.88 Å². The summed E-state index contributed by atoms with van der Waals surface area (Å²) < 4.78 is 31.4. The van der Waals surface area contributed by atoms with Gasteiger partial charge < -0.3 is 20.1 Å². The van der Waals surface area contributed by atoms with Gasteiger partial charge in [0.15, 0.2) is 16.3 Å². The summed E-state index contributed by atoms with van der Waals surface area (Å²) in [6.07, 6.45) is 6.08. The van der Waals surface area contributed by atoms with E-state index in [1.54, 1.807) is 20.2 Å². The Morgan fingerprint density at radius 3 is 2.72 bits per heavy atom. The maximum absolute atomic E-state index is 13.3. The summed E-state index contributed by atoms with van der Waals surface area (Å²) in [7, 11) is -2.49. The summed E-state index contributed by atoms with van der Waals surface area (Å²) in [6, 6.07) is -1.28. The van der Waals surface area contributed by atoms with Crippen LogP contribution in [-0.4, -0.2) is 67.8 Å². The fraction of sp³-hybridized carbons (Fsp3) is 0.571. The van der Waals surface area contributed by atoms with Crippen LogP contribution in [-0.2, 0) is 23.2 Å². The number of carboxylic acid groups (broad SMARTS) is 1. The van der Waals surface area contributed by atoms with Crippen molar-refractivity contribution < 1.29 is 33.0 Å². The van der Waals surface area contributed by atoms with E-state index in [4.69, 9.17) is 19.5 Å². The third kappa shape index (κ3) is 7.04. The summed E-state index contributed by atoms with van der Waals surface area (Å²) in [6.45, 7) is 4.89. The number of carbonyl (C=O) groups is 2. The highest BCUT2D eigenvalue weighted by molar-refractivity contribution is 8.13. The number of anilines is 1. The molecule has 3 rings (SSSR count). The number of rotatable bonds is 13. The van der Waals surface area contributed by atoms with Crippen molar-refractivity contribution in [2.75, 3.05) is 31.8 Å². The van der Waals surface area contributed by atoms with Crippen LogP contribution < -0.4 is 15.6 Å².